The maximum atomic E-state index is 10.6. The molecule has 0 aromatic carbocycles. The van der Waals surface area contributed by atoms with Gasteiger partial charge in [-0.25, -0.2) is 0 Å². The van der Waals surface area contributed by atoms with Crippen molar-refractivity contribution in [2.24, 2.45) is 40.4 Å². The third-order valence-electron chi connectivity index (χ3n) is 10.2. The minimum Gasteiger partial charge on any atom is -0.390 e. The lowest BCUT2D eigenvalue weighted by atomic mass is 9.46. The van der Waals surface area contributed by atoms with Gasteiger partial charge in [-0.15, -0.1) is 0 Å². The zero-order valence-corrected chi connectivity index (χ0v) is 18.7. The van der Waals surface area contributed by atoms with E-state index in [1.54, 1.807) is 5.57 Å². The second kappa shape index (κ2) is 6.89. The molecule has 3 fully saturated rings. The summed E-state index contributed by atoms with van der Waals surface area (Å²) in [5.74, 6) is 4.59. The summed E-state index contributed by atoms with van der Waals surface area (Å²) in [5.41, 5.74) is 2.11. The first-order valence-electron chi connectivity index (χ1n) is 12.1. The molecule has 0 radical (unpaired) electrons. The van der Waals surface area contributed by atoms with E-state index in [2.05, 4.69) is 40.7 Å². The number of fused-ring (bicyclic) bond motifs is 5. The predicted octanol–water partition coefficient (Wildman–Crippen LogP) is 7.14. The van der Waals surface area contributed by atoms with E-state index >= 15 is 0 Å². The van der Waals surface area contributed by atoms with Crippen LogP contribution in [0.4, 0.5) is 0 Å². The van der Waals surface area contributed by atoms with Crippen LogP contribution in [0.2, 0.25) is 0 Å². The second-order valence-electron chi connectivity index (χ2n) is 11.8. The van der Waals surface area contributed by atoms with Crippen molar-refractivity contribution in [1.29, 1.82) is 0 Å². The number of hydrogen-bond acceptors (Lipinski definition) is 1. The van der Waals surface area contributed by atoms with Gasteiger partial charge < -0.3 is 5.11 Å². The Balaban J connectivity index is 1.56. The number of unbranched alkanes of at least 4 members (excludes halogenated alkanes) is 1. The van der Waals surface area contributed by atoms with Crippen molar-refractivity contribution >= 4 is 0 Å². The van der Waals surface area contributed by atoms with Crippen LogP contribution in [0.25, 0.3) is 0 Å². The van der Waals surface area contributed by atoms with E-state index in [9.17, 15) is 5.11 Å². The Morgan fingerprint density at radius 2 is 1.85 bits per heavy atom. The summed E-state index contributed by atoms with van der Waals surface area (Å²) < 4.78 is 0. The van der Waals surface area contributed by atoms with Gasteiger partial charge in [0.05, 0.1) is 5.60 Å². The molecule has 0 bridgehead atoms. The molecule has 0 aromatic heterocycles. The fourth-order valence-electron chi connectivity index (χ4n) is 8.51. The highest BCUT2D eigenvalue weighted by Crippen LogP contribution is 2.67. The number of allylic oxidation sites excluding steroid dienone is 1. The van der Waals surface area contributed by atoms with Crippen molar-refractivity contribution in [2.45, 2.75) is 111 Å². The summed E-state index contributed by atoms with van der Waals surface area (Å²) in [5, 5.41) is 10.6. The van der Waals surface area contributed by atoms with E-state index in [-0.39, 0.29) is 0 Å². The SMILES string of the molecule is CCCC[C@@H](C)[C@H]1CC[C@H]2[C@@H]3CC=C4C[C@@](C)(O)CC[C@]4(C)[C@H]3CC[C@]12C. The summed E-state index contributed by atoms with van der Waals surface area (Å²) in [6.07, 6.45) is 17.1. The largest absolute Gasteiger partial charge is 0.390 e. The number of rotatable bonds is 4. The zero-order valence-electron chi connectivity index (χ0n) is 18.7. The van der Waals surface area contributed by atoms with Crippen LogP contribution in [0, 0.1) is 40.4 Å². The summed E-state index contributed by atoms with van der Waals surface area (Å²) in [4.78, 5) is 0. The molecule has 8 atom stereocenters. The molecule has 1 N–H and O–H groups in total. The lowest BCUT2D eigenvalue weighted by Crippen LogP contribution is -2.52. The van der Waals surface area contributed by atoms with Crippen LogP contribution < -0.4 is 0 Å². The van der Waals surface area contributed by atoms with Crippen LogP contribution in [0.3, 0.4) is 0 Å². The van der Waals surface area contributed by atoms with Gasteiger partial charge in [0.15, 0.2) is 0 Å². The minimum atomic E-state index is -0.464. The highest BCUT2D eigenvalue weighted by Gasteiger charge is 2.59. The molecule has 4 aliphatic carbocycles. The van der Waals surface area contributed by atoms with Crippen LogP contribution >= 0.6 is 0 Å². The van der Waals surface area contributed by atoms with E-state index < -0.39 is 5.60 Å². The van der Waals surface area contributed by atoms with E-state index in [4.69, 9.17) is 0 Å². The molecule has 1 heteroatoms. The average Bonchev–Trinajstić information content (AvgIpc) is 2.97. The van der Waals surface area contributed by atoms with Gasteiger partial charge in [0.2, 0.25) is 0 Å². The highest BCUT2D eigenvalue weighted by atomic mass is 16.3. The quantitative estimate of drug-likeness (QED) is 0.520. The van der Waals surface area contributed by atoms with Gasteiger partial charge >= 0.3 is 0 Å². The van der Waals surface area contributed by atoms with Crippen LogP contribution in [-0.2, 0) is 0 Å². The lowest BCUT2D eigenvalue weighted by Gasteiger charge is -2.59. The van der Waals surface area contributed by atoms with Crippen molar-refractivity contribution in [3.05, 3.63) is 11.6 Å². The molecule has 0 spiro atoms. The molecular formula is C26H44O. The Morgan fingerprint density at radius 3 is 2.59 bits per heavy atom. The summed E-state index contributed by atoms with van der Waals surface area (Å²) in [6, 6.07) is 0. The molecule has 0 amide bonds. The lowest BCUT2D eigenvalue weighted by molar-refractivity contribution is -0.0705. The molecule has 0 saturated heterocycles. The summed E-state index contributed by atoms with van der Waals surface area (Å²) >= 11 is 0. The summed E-state index contributed by atoms with van der Waals surface area (Å²) in [6.45, 7) is 12.2. The molecule has 0 unspecified atom stereocenters. The van der Waals surface area contributed by atoms with Crippen LogP contribution in [0.5, 0.6) is 0 Å². The van der Waals surface area contributed by atoms with Crippen molar-refractivity contribution in [2.75, 3.05) is 0 Å². The fraction of sp³-hybridized carbons (Fsp3) is 0.923. The molecule has 0 aromatic rings. The Kier molecular flexibility index (Phi) is 5.10. The molecule has 27 heavy (non-hydrogen) atoms. The van der Waals surface area contributed by atoms with E-state index in [0.717, 1.165) is 42.4 Å². The molecule has 0 aliphatic heterocycles. The maximum absolute atomic E-state index is 10.6. The third kappa shape index (κ3) is 3.15. The molecule has 3 saturated carbocycles. The van der Waals surface area contributed by atoms with E-state index in [1.165, 1.54) is 57.8 Å². The molecule has 154 valence electrons. The highest BCUT2D eigenvalue weighted by molar-refractivity contribution is 5.26. The van der Waals surface area contributed by atoms with Gasteiger partial charge in [0, 0.05) is 0 Å². The van der Waals surface area contributed by atoms with Crippen LogP contribution in [0.1, 0.15) is 105 Å². The molecular weight excluding hydrogens is 328 g/mol. The smallest absolute Gasteiger partial charge is 0.0657 e. The Bertz CT molecular complexity index is 589. The topological polar surface area (TPSA) is 20.2 Å². The monoisotopic (exact) mass is 372 g/mol. The number of aliphatic hydroxyl groups is 1. The van der Waals surface area contributed by atoms with Crippen molar-refractivity contribution in [3.63, 3.8) is 0 Å². The van der Waals surface area contributed by atoms with Gasteiger partial charge in [-0.3, -0.25) is 0 Å². The Labute approximate surface area is 168 Å². The normalized spacial score (nSPS) is 50.4. The zero-order chi connectivity index (χ0) is 19.4. The first-order valence-corrected chi connectivity index (χ1v) is 12.1. The third-order valence-corrected chi connectivity index (χ3v) is 10.2. The van der Waals surface area contributed by atoms with E-state index in [1.807, 2.05) is 0 Å². The second-order valence-corrected chi connectivity index (χ2v) is 11.8. The number of hydrogen-bond donors (Lipinski definition) is 1. The van der Waals surface area contributed by atoms with Gasteiger partial charge in [-0.1, -0.05) is 58.6 Å². The molecule has 4 aliphatic rings. The van der Waals surface area contributed by atoms with Gasteiger partial charge in [-0.2, -0.15) is 0 Å². The average molecular weight is 373 g/mol. The molecule has 4 rings (SSSR count). The van der Waals surface area contributed by atoms with Gasteiger partial charge in [0.25, 0.3) is 0 Å². The fourth-order valence-corrected chi connectivity index (χ4v) is 8.51. The Hall–Kier alpha value is -0.300. The van der Waals surface area contributed by atoms with Crippen LogP contribution in [0.15, 0.2) is 11.6 Å². The molecule has 0 heterocycles. The first kappa shape index (κ1) is 20.0. The Morgan fingerprint density at radius 1 is 1.07 bits per heavy atom. The van der Waals surface area contributed by atoms with Crippen LogP contribution in [-0.4, -0.2) is 10.7 Å². The van der Waals surface area contributed by atoms with Gasteiger partial charge in [-0.05, 0) is 98.7 Å². The predicted molar refractivity (Wildman–Crippen MR) is 115 cm³/mol. The van der Waals surface area contributed by atoms with Crippen molar-refractivity contribution in [1.82, 2.24) is 0 Å². The first-order chi connectivity index (χ1) is 12.7. The summed E-state index contributed by atoms with van der Waals surface area (Å²) in [7, 11) is 0. The molecule has 1 nitrogen and oxygen atoms in total. The minimum absolute atomic E-state index is 0.373. The van der Waals surface area contributed by atoms with Crippen molar-refractivity contribution in [3.8, 4) is 0 Å². The van der Waals surface area contributed by atoms with E-state index in [0.29, 0.717) is 10.8 Å². The standard InChI is InChI=1S/C26H44O/c1-6-7-8-18(2)21-11-12-22-20-10-9-19-17-24(3,27)15-16-25(19,4)23(20)13-14-26(21,22)5/h9,18,20-23,27H,6-8,10-17H2,1-5H3/t18-,20+,21-,22+,23+,24+,25+,26-/m1/s1. The van der Waals surface area contributed by atoms with Crippen molar-refractivity contribution < 1.29 is 5.11 Å². The maximum Gasteiger partial charge on any atom is 0.0657 e. The van der Waals surface area contributed by atoms with Gasteiger partial charge in [0.1, 0.15) is 0 Å².